The molecule has 1 unspecified atom stereocenters. The van der Waals surface area contributed by atoms with Crippen molar-refractivity contribution in [2.24, 2.45) is 0 Å². The van der Waals surface area contributed by atoms with Crippen molar-refractivity contribution in [2.45, 2.75) is 32.3 Å². The lowest BCUT2D eigenvalue weighted by Crippen LogP contribution is -1.99. The second-order valence-electron chi connectivity index (χ2n) is 1.85. The van der Waals surface area contributed by atoms with Gasteiger partial charge in [-0.15, -0.1) is 0 Å². The van der Waals surface area contributed by atoms with Crippen LogP contribution in [-0.2, 0) is 4.74 Å². The molecule has 60 valence electrons. The Labute approximate surface area is 72.0 Å². The molecular weight excluding hydrogens is 171 g/mol. The average molecular weight is 183 g/mol. The van der Waals surface area contributed by atoms with E-state index in [1.807, 2.05) is 13.8 Å². The summed E-state index contributed by atoms with van der Waals surface area (Å²) in [5, 5.41) is 0.393. The predicted octanol–water partition coefficient (Wildman–Crippen LogP) is 3.47. The minimum Gasteiger partial charge on any atom is -0.464 e. The van der Waals surface area contributed by atoms with E-state index in [0.717, 1.165) is 12.8 Å². The van der Waals surface area contributed by atoms with Crippen LogP contribution in [0.1, 0.15) is 26.7 Å². The molecule has 0 saturated heterocycles. The fraction of sp³-hybridized carbons (Fsp3) is 0.714. The maximum absolute atomic E-state index is 5.65. The molecule has 1 nitrogen and oxygen atoms in total. The van der Waals surface area contributed by atoms with E-state index in [0.29, 0.717) is 5.22 Å². The first kappa shape index (κ1) is 10.1. The fourth-order valence-corrected chi connectivity index (χ4v) is 0.818. The molecule has 0 heterocycles. The third-order valence-corrected chi connectivity index (χ3v) is 1.57. The van der Waals surface area contributed by atoms with Gasteiger partial charge < -0.3 is 4.74 Å². The number of rotatable bonds is 4. The van der Waals surface area contributed by atoms with E-state index in [4.69, 9.17) is 27.9 Å². The molecule has 0 amide bonds. The van der Waals surface area contributed by atoms with Gasteiger partial charge in [0.15, 0.2) is 10.8 Å². The summed E-state index contributed by atoms with van der Waals surface area (Å²) in [4.78, 5) is 0. The highest BCUT2D eigenvalue weighted by atomic mass is 35.5. The Balaban J connectivity index is 3.56. The van der Waals surface area contributed by atoms with Crippen molar-refractivity contribution >= 4 is 23.2 Å². The minimum atomic E-state index is -0.296. The molecule has 0 aromatic heterocycles. The van der Waals surface area contributed by atoms with Gasteiger partial charge in [-0.3, -0.25) is 0 Å². The summed E-state index contributed by atoms with van der Waals surface area (Å²) in [5.41, 5.74) is -0.296. The Morgan fingerprint density at radius 1 is 1.60 bits per heavy atom. The molecule has 0 aromatic carbocycles. The number of allylic oxidation sites excluding steroid dienone is 1. The van der Waals surface area contributed by atoms with Crippen molar-refractivity contribution < 1.29 is 4.74 Å². The molecule has 0 aromatic rings. The number of alkyl halides is 1. The summed E-state index contributed by atoms with van der Waals surface area (Å²) < 4.78 is 5.03. The van der Waals surface area contributed by atoms with Gasteiger partial charge in [0.1, 0.15) is 0 Å². The molecule has 0 aliphatic rings. The second-order valence-corrected chi connectivity index (χ2v) is 2.71. The number of halogens is 2. The summed E-state index contributed by atoms with van der Waals surface area (Å²) in [6, 6.07) is 0. The minimum absolute atomic E-state index is 0.296. The molecule has 0 aliphatic carbocycles. The SMILES string of the molecule is CCC=C(Cl)OC(Cl)CC. The Hall–Kier alpha value is 0.120. The highest BCUT2D eigenvalue weighted by Gasteiger charge is 2.01. The molecule has 0 spiro atoms. The van der Waals surface area contributed by atoms with Crippen molar-refractivity contribution in [1.29, 1.82) is 0 Å². The number of hydrogen-bond acceptors (Lipinski definition) is 1. The molecule has 0 saturated carbocycles. The molecule has 1 atom stereocenters. The molecule has 0 rings (SSSR count). The number of hydrogen-bond donors (Lipinski definition) is 0. The third-order valence-electron chi connectivity index (χ3n) is 0.926. The predicted molar refractivity (Wildman–Crippen MR) is 45.2 cm³/mol. The van der Waals surface area contributed by atoms with Crippen LogP contribution in [-0.4, -0.2) is 5.56 Å². The molecule has 0 fully saturated rings. The highest BCUT2D eigenvalue weighted by Crippen LogP contribution is 2.13. The quantitative estimate of drug-likeness (QED) is 0.479. The van der Waals surface area contributed by atoms with E-state index >= 15 is 0 Å². The lowest BCUT2D eigenvalue weighted by atomic mass is 10.5. The maximum atomic E-state index is 5.65. The fourth-order valence-electron chi connectivity index (χ4n) is 0.414. The summed E-state index contributed by atoms with van der Waals surface area (Å²) in [7, 11) is 0. The van der Waals surface area contributed by atoms with Gasteiger partial charge in [0.25, 0.3) is 0 Å². The zero-order valence-corrected chi connectivity index (χ0v) is 7.74. The first-order valence-electron chi connectivity index (χ1n) is 3.37. The van der Waals surface area contributed by atoms with Crippen LogP contribution >= 0.6 is 23.2 Å². The van der Waals surface area contributed by atoms with Gasteiger partial charge in [0, 0.05) is 0 Å². The zero-order valence-electron chi connectivity index (χ0n) is 6.23. The van der Waals surface area contributed by atoms with Crippen LogP contribution in [0.5, 0.6) is 0 Å². The van der Waals surface area contributed by atoms with Crippen LogP contribution < -0.4 is 0 Å². The first-order valence-corrected chi connectivity index (χ1v) is 4.18. The van der Waals surface area contributed by atoms with E-state index in [1.54, 1.807) is 6.08 Å². The van der Waals surface area contributed by atoms with Crippen molar-refractivity contribution in [3.05, 3.63) is 11.3 Å². The van der Waals surface area contributed by atoms with Gasteiger partial charge in [-0.1, -0.05) is 25.4 Å². The van der Waals surface area contributed by atoms with E-state index in [-0.39, 0.29) is 5.56 Å². The van der Waals surface area contributed by atoms with E-state index in [1.165, 1.54) is 0 Å². The highest BCUT2D eigenvalue weighted by molar-refractivity contribution is 6.28. The molecular formula is C7H12Cl2O. The van der Waals surface area contributed by atoms with E-state index in [2.05, 4.69) is 0 Å². The summed E-state index contributed by atoms with van der Waals surface area (Å²) in [5.74, 6) is 0. The lowest BCUT2D eigenvalue weighted by Gasteiger charge is -2.07. The maximum Gasteiger partial charge on any atom is 0.184 e. The smallest absolute Gasteiger partial charge is 0.184 e. The Morgan fingerprint density at radius 3 is 2.60 bits per heavy atom. The first-order chi connectivity index (χ1) is 4.70. The summed E-state index contributed by atoms with van der Waals surface area (Å²) in [6.45, 7) is 3.93. The van der Waals surface area contributed by atoms with Gasteiger partial charge in [0.05, 0.1) is 0 Å². The zero-order chi connectivity index (χ0) is 7.98. The van der Waals surface area contributed by atoms with Crippen molar-refractivity contribution in [2.75, 3.05) is 0 Å². The van der Waals surface area contributed by atoms with E-state index < -0.39 is 0 Å². The van der Waals surface area contributed by atoms with Crippen LogP contribution in [0.4, 0.5) is 0 Å². The standard InChI is InChI=1S/C7H12Cl2O/c1-3-5-7(9)10-6(8)4-2/h5-6H,3-4H2,1-2H3. The Bertz CT molecular complexity index is 112. The third kappa shape index (κ3) is 4.95. The van der Waals surface area contributed by atoms with Crippen molar-refractivity contribution in [1.82, 2.24) is 0 Å². The van der Waals surface area contributed by atoms with Crippen LogP contribution in [0.2, 0.25) is 0 Å². The monoisotopic (exact) mass is 182 g/mol. The summed E-state index contributed by atoms with van der Waals surface area (Å²) >= 11 is 11.3. The van der Waals surface area contributed by atoms with Gasteiger partial charge in [-0.25, -0.2) is 0 Å². The molecule has 10 heavy (non-hydrogen) atoms. The van der Waals surface area contributed by atoms with Crippen molar-refractivity contribution in [3.63, 3.8) is 0 Å². The molecule has 0 radical (unpaired) electrons. The van der Waals surface area contributed by atoms with Crippen molar-refractivity contribution in [3.8, 4) is 0 Å². The van der Waals surface area contributed by atoms with Gasteiger partial charge in [-0.05, 0) is 30.5 Å². The molecule has 0 aliphatic heterocycles. The van der Waals surface area contributed by atoms with Gasteiger partial charge >= 0.3 is 0 Å². The average Bonchev–Trinajstić information content (AvgIpc) is 1.88. The Kier molecular flexibility index (Phi) is 5.94. The molecule has 0 N–H and O–H groups in total. The topological polar surface area (TPSA) is 9.23 Å². The van der Waals surface area contributed by atoms with Crippen LogP contribution in [0.25, 0.3) is 0 Å². The van der Waals surface area contributed by atoms with Crippen LogP contribution in [0, 0.1) is 0 Å². The van der Waals surface area contributed by atoms with E-state index in [9.17, 15) is 0 Å². The molecule has 0 bridgehead atoms. The number of ether oxygens (including phenoxy) is 1. The lowest BCUT2D eigenvalue weighted by molar-refractivity contribution is 0.199. The van der Waals surface area contributed by atoms with Gasteiger partial charge in [0.2, 0.25) is 0 Å². The van der Waals surface area contributed by atoms with Crippen LogP contribution in [0.15, 0.2) is 11.3 Å². The van der Waals surface area contributed by atoms with Gasteiger partial charge in [-0.2, -0.15) is 0 Å². The Morgan fingerprint density at radius 2 is 2.20 bits per heavy atom. The molecule has 3 heteroatoms. The van der Waals surface area contributed by atoms with Crippen LogP contribution in [0.3, 0.4) is 0 Å². The normalized spacial score (nSPS) is 15.0. The second kappa shape index (κ2) is 5.87. The summed E-state index contributed by atoms with van der Waals surface area (Å²) in [6.07, 6.45) is 3.41. The largest absolute Gasteiger partial charge is 0.464 e.